The summed E-state index contributed by atoms with van der Waals surface area (Å²) in [4.78, 5) is 16.5. The molecule has 0 unspecified atom stereocenters. The lowest BCUT2D eigenvalue weighted by molar-refractivity contribution is -0.121. The normalized spacial score (nSPS) is 16.8. The predicted octanol–water partition coefficient (Wildman–Crippen LogP) is 3.35. The molecule has 0 aliphatic carbocycles. The number of aromatic nitrogens is 2. The minimum atomic E-state index is 0.135. The molecule has 0 radical (unpaired) electrons. The number of fused-ring (bicyclic) bond motifs is 1. The number of rotatable bonds is 1. The van der Waals surface area contributed by atoms with Gasteiger partial charge in [0.1, 0.15) is 5.65 Å². The van der Waals surface area contributed by atoms with E-state index in [1.165, 1.54) is 11.1 Å². The smallest absolute Gasteiger partial charge is 0.220 e. The maximum absolute atomic E-state index is 11.7. The Kier molecular flexibility index (Phi) is 3.95. The van der Waals surface area contributed by atoms with Crippen LogP contribution >= 0.6 is 0 Å². The number of hydrogen-bond donors (Lipinski definition) is 1. The minimum Gasteiger partial charge on any atom is -0.350 e. The van der Waals surface area contributed by atoms with Gasteiger partial charge in [0, 0.05) is 24.0 Å². The van der Waals surface area contributed by atoms with Gasteiger partial charge in [-0.1, -0.05) is 20.3 Å². The van der Waals surface area contributed by atoms with Crippen LogP contribution in [0.3, 0.4) is 0 Å². The fourth-order valence-electron chi connectivity index (χ4n) is 3.01. The average molecular weight is 285 g/mol. The van der Waals surface area contributed by atoms with E-state index in [9.17, 15) is 4.79 Å². The molecule has 21 heavy (non-hydrogen) atoms. The van der Waals surface area contributed by atoms with Crippen LogP contribution in [0.4, 0.5) is 0 Å². The second kappa shape index (κ2) is 5.88. The van der Waals surface area contributed by atoms with Crippen molar-refractivity contribution >= 4 is 16.9 Å². The predicted molar refractivity (Wildman–Crippen MR) is 84.1 cm³/mol. The van der Waals surface area contributed by atoms with Crippen LogP contribution in [0.15, 0.2) is 18.2 Å². The molecule has 2 aromatic heterocycles. The molecule has 4 nitrogen and oxygen atoms in total. The summed E-state index contributed by atoms with van der Waals surface area (Å²) in [5.41, 5.74) is 3.35. The van der Waals surface area contributed by atoms with E-state index in [-0.39, 0.29) is 5.91 Å². The number of carbonyl (C=O) groups is 1. The molecule has 1 N–H and O–H groups in total. The molecule has 0 saturated carbocycles. The monoisotopic (exact) mass is 285 g/mol. The molecule has 0 fully saturated rings. The highest BCUT2D eigenvalue weighted by Gasteiger charge is 2.14. The lowest BCUT2D eigenvalue weighted by Gasteiger charge is -2.14. The van der Waals surface area contributed by atoms with Gasteiger partial charge in [-0.15, -0.1) is 0 Å². The number of hydrogen-bond acceptors (Lipinski definition) is 2. The Labute approximate surface area is 125 Å². The summed E-state index contributed by atoms with van der Waals surface area (Å²) in [6.07, 6.45) is 3.78. The first-order valence-corrected chi connectivity index (χ1v) is 7.91. The highest BCUT2D eigenvalue weighted by atomic mass is 16.1. The molecule has 0 saturated heterocycles. The van der Waals surface area contributed by atoms with E-state index in [1.54, 1.807) is 0 Å². The Balaban J connectivity index is 2.05. The Hall–Kier alpha value is -1.84. The van der Waals surface area contributed by atoms with Crippen LogP contribution in [0.2, 0.25) is 0 Å². The zero-order chi connectivity index (χ0) is 14.8. The maximum atomic E-state index is 11.7. The van der Waals surface area contributed by atoms with Gasteiger partial charge < -0.3 is 9.88 Å². The Morgan fingerprint density at radius 3 is 2.90 bits per heavy atom. The van der Waals surface area contributed by atoms with Gasteiger partial charge in [-0.3, -0.25) is 4.79 Å². The van der Waals surface area contributed by atoms with Crippen LogP contribution in [0.1, 0.15) is 56.8 Å². The highest BCUT2D eigenvalue weighted by molar-refractivity contribution is 5.78. The third-order valence-corrected chi connectivity index (χ3v) is 4.18. The largest absolute Gasteiger partial charge is 0.350 e. The van der Waals surface area contributed by atoms with Crippen molar-refractivity contribution in [1.82, 2.24) is 14.9 Å². The second-order valence-electron chi connectivity index (χ2n) is 6.18. The summed E-state index contributed by atoms with van der Waals surface area (Å²) in [5, 5.41) is 4.16. The topological polar surface area (TPSA) is 46.9 Å². The fraction of sp³-hybridized carbons (Fsp3) is 0.529. The van der Waals surface area contributed by atoms with Crippen molar-refractivity contribution in [2.75, 3.05) is 0 Å². The van der Waals surface area contributed by atoms with Gasteiger partial charge in [-0.2, -0.15) is 0 Å². The van der Waals surface area contributed by atoms with Crippen molar-refractivity contribution in [2.45, 2.75) is 58.5 Å². The summed E-state index contributed by atoms with van der Waals surface area (Å²) < 4.78 is 2.37. The Morgan fingerprint density at radius 1 is 1.24 bits per heavy atom. The van der Waals surface area contributed by atoms with Gasteiger partial charge in [-0.05, 0) is 37.0 Å². The molecule has 0 atom stereocenters. The van der Waals surface area contributed by atoms with Gasteiger partial charge in [0.15, 0.2) is 0 Å². The van der Waals surface area contributed by atoms with E-state index >= 15 is 0 Å². The number of amides is 1. The third kappa shape index (κ3) is 2.94. The zero-order valence-electron chi connectivity index (χ0n) is 12.9. The van der Waals surface area contributed by atoms with E-state index in [2.05, 4.69) is 35.9 Å². The summed E-state index contributed by atoms with van der Waals surface area (Å²) in [6, 6.07) is 6.40. The van der Waals surface area contributed by atoms with Crippen molar-refractivity contribution in [3.8, 4) is 0 Å². The Morgan fingerprint density at radius 2 is 2.10 bits per heavy atom. The summed E-state index contributed by atoms with van der Waals surface area (Å²) >= 11 is 0. The first-order chi connectivity index (χ1) is 10.1. The number of pyridine rings is 1. The van der Waals surface area contributed by atoms with E-state index in [4.69, 9.17) is 4.98 Å². The molecule has 0 aromatic carbocycles. The molecule has 3 rings (SSSR count). The van der Waals surface area contributed by atoms with Gasteiger partial charge in [0.25, 0.3) is 0 Å². The van der Waals surface area contributed by atoms with Crippen molar-refractivity contribution < 1.29 is 4.79 Å². The molecule has 1 amide bonds. The average Bonchev–Trinajstić information content (AvgIpc) is 2.82. The van der Waals surface area contributed by atoms with Crippen molar-refractivity contribution in [2.24, 2.45) is 0 Å². The second-order valence-corrected chi connectivity index (χ2v) is 6.18. The van der Waals surface area contributed by atoms with Crippen LogP contribution in [-0.4, -0.2) is 15.5 Å². The first kappa shape index (κ1) is 14.1. The summed E-state index contributed by atoms with van der Waals surface area (Å²) in [6.45, 7) is 5.98. The highest BCUT2D eigenvalue weighted by Crippen LogP contribution is 2.25. The van der Waals surface area contributed by atoms with Crippen LogP contribution in [0.5, 0.6) is 0 Å². The number of aryl methyl sites for hydroxylation is 1. The van der Waals surface area contributed by atoms with Gasteiger partial charge in [-0.25, -0.2) is 4.98 Å². The Bertz CT molecular complexity index is 657. The van der Waals surface area contributed by atoms with Crippen LogP contribution < -0.4 is 5.32 Å². The number of nitrogens with one attached hydrogen (secondary N) is 1. The molecule has 0 spiro atoms. The quantitative estimate of drug-likeness (QED) is 0.873. The molecule has 2 aromatic rings. The van der Waals surface area contributed by atoms with Crippen LogP contribution in [-0.2, 0) is 17.9 Å². The molecule has 2 bridgehead atoms. The van der Waals surface area contributed by atoms with Gasteiger partial charge in [0.05, 0.1) is 12.2 Å². The zero-order valence-corrected chi connectivity index (χ0v) is 12.9. The standard InChI is InChI=1S/C17H23N3O/c1-12(2)15-10-13-7-8-14-11-18-16(21)6-4-3-5-9-20(15)17(13)19-14/h7-8,10,12H,3-6,9,11H2,1-2H3,(H,18,21). The number of nitrogens with zero attached hydrogens (tertiary/aromatic N) is 2. The SMILES string of the molecule is CC(C)c1cc2ccc3nc2n1CCCCCC(=O)NC3. The lowest BCUT2D eigenvalue weighted by atomic mass is 10.1. The lowest BCUT2D eigenvalue weighted by Crippen LogP contribution is -2.23. The molecule has 112 valence electrons. The van der Waals surface area contributed by atoms with E-state index in [0.717, 1.165) is 37.1 Å². The van der Waals surface area contributed by atoms with Crippen molar-refractivity contribution in [1.29, 1.82) is 0 Å². The van der Waals surface area contributed by atoms with Crippen molar-refractivity contribution in [3.63, 3.8) is 0 Å². The first-order valence-electron chi connectivity index (χ1n) is 7.91. The molecule has 4 heteroatoms. The molecule has 3 heterocycles. The summed E-state index contributed by atoms with van der Waals surface area (Å²) in [5.74, 6) is 0.631. The fourth-order valence-corrected chi connectivity index (χ4v) is 3.01. The molecule has 1 aliphatic heterocycles. The molecule has 1 aliphatic rings. The molecular formula is C17H23N3O. The maximum Gasteiger partial charge on any atom is 0.220 e. The van der Waals surface area contributed by atoms with Crippen LogP contribution in [0.25, 0.3) is 11.0 Å². The van der Waals surface area contributed by atoms with E-state index in [0.29, 0.717) is 18.9 Å². The third-order valence-electron chi connectivity index (χ3n) is 4.18. The summed E-state index contributed by atoms with van der Waals surface area (Å²) in [7, 11) is 0. The number of carbonyl (C=O) groups excluding carboxylic acids is 1. The van der Waals surface area contributed by atoms with Gasteiger partial charge in [0.2, 0.25) is 5.91 Å². The van der Waals surface area contributed by atoms with E-state index in [1.807, 2.05) is 6.07 Å². The molecular weight excluding hydrogens is 262 g/mol. The van der Waals surface area contributed by atoms with Gasteiger partial charge >= 0.3 is 0 Å². The van der Waals surface area contributed by atoms with Crippen LogP contribution in [0, 0.1) is 0 Å². The minimum absolute atomic E-state index is 0.135. The van der Waals surface area contributed by atoms with E-state index < -0.39 is 0 Å². The van der Waals surface area contributed by atoms with Crippen molar-refractivity contribution in [3.05, 3.63) is 29.6 Å².